The van der Waals surface area contributed by atoms with Crippen LogP contribution in [-0.4, -0.2) is 36.6 Å². The number of nitrogens with zero attached hydrogens (tertiary/aromatic N) is 1. The molecule has 1 aliphatic carbocycles. The fourth-order valence-electron chi connectivity index (χ4n) is 4.69. The first-order chi connectivity index (χ1) is 9.22. The first-order valence-electron chi connectivity index (χ1n) is 8.71. The third-order valence-corrected chi connectivity index (χ3v) is 6.00. The first-order valence-corrected chi connectivity index (χ1v) is 8.71. The van der Waals surface area contributed by atoms with E-state index in [0.717, 1.165) is 29.8 Å². The molecule has 0 bridgehead atoms. The van der Waals surface area contributed by atoms with Crippen molar-refractivity contribution in [2.75, 3.05) is 19.6 Å². The van der Waals surface area contributed by atoms with Gasteiger partial charge in [-0.3, -0.25) is 0 Å². The lowest BCUT2D eigenvalue weighted by atomic mass is 9.85. The number of fused-ring (bicyclic) bond motifs is 1. The van der Waals surface area contributed by atoms with E-state index >= 15 is 0 Å². The van der Waals surface area contributed by atoms with Gasteiger partial charge in [-0.1, -0.05) is 26.7 Å². The van der Waals surface area contributed by atoms with Crippen LogP contribution in [0.1, 0.15) is 58.8 Å². The lowest BCUT2D eigenvalue weighted by Crippen LogP contribution is -2.44. The van der Waals surface area contributed by atoms with E-state index < -0.39 is 0 Å². The van der Waals surface area contributed by atoms with Gasteiger partial charge in [-0.05, 0) is 62.9 Å². The van der Waals surface area contributed by atoms with Gasteiger partial charge in [-0.15, -0.1) is 0 Å². The van der Waals surface area contributed by atoms with Crippen LogP contribution < -0.4 is 5.32 Å². The maximum Gasteiger partial charge on any atom is 0.0200 e. The number of hydrogen-bond acceptors (Lipinski definition) is 2. The third kappa shape index (κ3) is 3.33. The summed E-state index contributed by atoms with van der Waals surface area (Å²) in [6, 6.07) is 1.66. The van der Waals surface area contributed by atoms with Gasteiger partial charge in [0.1, 0.15) is 0 Å². The standard InChI is InChI=1S/C17H32N2/c1-13(2)14-7-9-19(10-8-14)12-16-11-15-5-3-4-6-17(15)18-16/h13-18H,3-12H2,1-2H3. The number of likely N-dealkylation sites (tertiary alicyclic amines) is 1. The van der Waals surface area contributed by atoms with Crippen LogP contribution in [0.15, 0.2) is 0 Å². The lowest BCUT2D eigenvalue weighted by molar-refractivity contribution is 0.147. The molecule has 1 N–H and O–H groups in total. The number of hydrogen-bond donors (Lipinski definition) is 1. The highest BCUT2D eigenvalue weighted by molar-refractivity contribution is 4.94. The summed E-state index contributed by atoms with van der Waals surface area (Å²) < 4.78 is 0. The Morgan fingerprint density at radius 2 is 1.79 bits per heavy atom. The minimum absolute atomic E-state index is 0.795. The summed E-state index contributed by atoms with van der Waals surface area (Å²) in [4.78, 5) is 2.73. The zero-order valence-electron chi connectivity index (χ0n) is 12.9. The van der Waals surface area contributed by atoms with Crippen molar-refractivity contribution in [3.05, 3.63) is 0 Å². The molecule has 0 aromatic heterocycles. The molecule has 1 saturated carbocycles. The monoisotopic (exact) mass is 264 g/mol. The number of piperidine rings is 1. The van der Waals surface area contributed by atoms with Crippen molar-refractivity contribution in [1.29, 1.82) is 0 Å². The summed E-state index contributed by atoms with van der Waals surface area (Å²) in [5.41, 5.74) is 0. The Hall–Kier alpha value is -0.0800. The van der Waals surface area contributed by atoms with Crippen molar-refractivity contribution >= 4 is 0 Å². The molecule has 2 aliphatic heterocycles. The molecule has 0 radical (unpaired) electrons. The van der Waals surface area contributed by atoms with Crippen LogP contribution in [0.2, 0.25) is 0 Å². The summed E-state index contributed by atoms with van der Waals surface area (Å²) >= 11 is 0. The molecular weight excluding hydrogens is 232 g/mol. The average molecular weight is 264 g/mol. The van der Waals surface area contributed by atoms with Gasteiger partial charge < -0.3 is 10.2 Å². The largest absolute Gasteiger partial charge is 0.310 e. The van der Waals surface area contributed by atoms with Crippen molar-refractivity contribution in [1.82, 2.24) is 10.2 Å². The quantitative estimate of drug-likeness (QED) is 0.841. The predicted molar refractivity (Wildman–Crippen MR) is 81.3 cm³/mol. The zero-order valence-corrected chi connectivity index (χ0v) is 12.9. The molecule has 0 amide bonds. The summed E-state index contributed by atoms with van der Waals surface area (Å²) in [6.07, 6.45) is 10.2. The van der Waals surface area contributed by atoms with Crippen LogP contribution in [0, 0.1) is 17.8 Å². The highest BCUT2D eigenvalue weighted by Gasteiger charge is 2.36. The van der Waals surface area contributed by atoms with Gasteiger partial charge >= 0.3 is 0 Å². The Balaban J connectivity index is 1.43. The predicted octanol–water partition coefficient (Wildman–Crippen LogP) is 3.28. The lowest BCUT2D eigenvalue weighted by Gasteiger charge is -2.35. The molecule has 3 unspecified atom stereocenters. The second-order valence-electron chi connectivity index (χ2n) is 7.63. The summed E-state index contributed by atoms with van der Waals surface area (Å²) in [6.45, 7) is 8.79. The molecule has 110 valence electrons. The Kier molecular flexibility index (Phi) is 4.48. The summed E-state index contributed by atoms with van der Waals surface area (Å²) in [5.74, 6) is 2.87. The van der Waals surface area contributed by atoms with Crippen molar-refractivity contribution in [2.24, 2.45) is 17.8 Å². The van der Waals surface area contributed by atoms with Crippen LogP contribution in [0.3, 0.4) is 0 Å². The van der Waals surface area contributed by atoms with E-state index in [1.807, 2.05) is 0 Å². The Morgan fingerprint density at radius 1 is 1.05 bits per heavy atom. The van der Waals surface area contributed by atoms with Crippen LogP contribution in [0.4, 0.5) is 0 Å². The molecule has 2 heterocycles. The van der Waals surface area contributed by atoms with Gasteiger partial charge in [0.15, 0.2) is 0 Å². The van der Waals surface area contributed by atoms with Gasteiger partial charge in [-0.2, -0.15) is 0 Å². The van der Waals surface area contributed by atoms with Gasteiger partial charge in [-0.25, -0.2) is 0 Å². The van der Waals surface area contributed by atoms with Crippen LogP contribution >= 0.6 is 0 Å². The Morgan fingerprint density at radius 3 is 2.47 bits per heavy atom. The smallest absolute Gasteiger partial charge is 0.0200 e. The van der Waals surface area contributed by atoms with Gasteiger partial charge in [0.05, 0.1) is 0 Å². The molecule has 3 fully saturated rings. The summed E-state index contributed by atoms with van der Waals surface area (Å²) in [5, 5.41) is 3.93. The molecule has 2 saturated heterocycles. The maximum absolute atomic E-state index is 3.93. The van der Waals surface area contributed by atoms with E-state index in [1.54, 1.807) is 0 Å². The molecule has 2 heteroatoms. The van der Waals surface area contributed by atoms with Crippen molar-refractivity contribution < 1.29 is 0 Å². The number of nitrogens with one attached hydrogen (secondary N) is 1. The minimum atomic E-state index is 0.795. The second-order valence-corrected chi connectivity index (χ2v) is 7.63. The molecule has 3 atom stereocenters. The Labute approximate surface area is 119 Å². The van der Waals surface area contributed by atoms with Crippen LogP contribution in [0.25, 0.3) is 0 Å². The molecule has 2 nitrogen and oxygen atoms in total. The minimum Gasteiger partial charge on any atom is -0.310 e. The van der Waals surface area contributed by atoms with E-state index in [0.29, 0.717) is 0 Å². The van der Waals surface area contributed by atoms with Crippen LogP contribution in [-0.2, 0) is 0 Å². The van der Waals surface area contributed by atoms with E-state index in [1.165, 1.54) is 64.6 Å². The van der Waals surface area contributed by atoms with Crippen molar-refractivity contribution in [2.45, 2.75) is 70.9 Å². The Bertz CT molecular complexity index is 267. The molecule has 0 spiro atoms. The SMILES string of the molecule is CC(C)C1CCN(CC2CC3CCCCC3N2)CC1. The van der Waals surface area contributed by atoms with E-state index in [2.05, 4.69) is 24.1 Å². The van der Waals surface area contributed by atoms with Gasteiger partial charge in [0, 0.05) is 18.6 Å². The van der Waals surface area contributed by atoms with E-state index in [4.69, 9.17) is 0 Å². The maximum atomic E-state index is 3.93. The highest BCUT2D eigenvalue weighted by atomic mass is 15.2. The van der Waals surface area contributed by atoms with Gasteiger partial charge in [0.25, 0.3) is 0 Å². The van der Waals surface area contributed by atoms with E-state index in [-0.39, 0.29) is 0 Å². The third-order valence-electron chi connectivity index (χ3n) is 6.00. The molecule has 19 heavy (non-hydrogen) atoms. The summed E-state index contributed by atoms with van der Waals surface area (Å²) in [7, 11) is 0. The van der Waals surface area contributed by atoms with E-state index in [9.17, 15) is 0 Å². The molecule has 0 aromatic rings. The average Bonchev–Trinajstić information content (AvgIpc) is 2.81. The molecule has 0 aromatic carbocycles. The van der Waals surface area contributed by atoms with Crippen LogP contribution in [0.5, 0.6) is 0 Å². The molecule has 3 aliphatic rings. The second kappa shape index (κ2) is 6.13. The van der Waals surface area contributed by atoms with Gasteiger partial charge in [0.2, 0.25) is 0 Å². The first kappa shape index (κ1) is 13.9. The molecule has 3 rings (SSSR count). The zero-order chi connectivity index (χ0) is 13.2. The normalized spacial score (nSPS) is 37.7. The number of rotatable bonds is 3. The molecular formula is C17H32N2. The fourth-order valence-corrected chi connectivity index (χ4v) is 4.69. The topological polar surface area (TPSA) is 15.3 Å². The fraction of sp³-hybridized carbons (Fsp3) is 1.00. The van der Waals surface area contributed by atoms with Crippen molar-refractivity contribution in [3.8, 4) is 0 Å². The highest BCUT2D eigenvalue weighted by Crippen LogP contribution is 2.34. The van der Waals surface area contributed by atoms with Crippen molar-refractivity contribution in [3.63, 3.8) is 0 Å².